The van der Waals surface area contributed by atoms with Crippen LogP contribution in [-0.4, -0.2) is 64.6 Å². The van der Waals surface area contributed by atoms with Crippen LogP contribution in [0.15, 0.2) is 47.4 Å². The number of carbonyl (C=O) groups excluding carboxylic acids is 1. The minimum atomic E-state index is -3.67. The van der Waals surface area contributed by atoms with Crippen LogP contribution < -0.4 is 15.0 Å². The Morgan fingerprint density at radius 1 is 1.12 bits per heavy atom. The fraction of sp³-hybridized carbons (Fsp3) is 0.480. The molecule has 1 N–H and O–H groups in total. The van der Waals surface area contributed by atoms with Gasteiger partial charge in [0, 0.05) is 32.6 Å². The lowest BCUT2D eigenvalue weighted by Crippen LogP contribution is -2.40. The van der Waals surface area contributed by atoms with Crippen molar-refractivity contribution in [3.05, 3.63) is 48.0 Å². The zero-order valence-electron chi connectivity index (χ0n) is 20.2. The van der Waals surface area contributed by atoms with E-state index >= 15 is 0 Å². The molecule has 0 aliphatic carbocycles. The highest BCUT2D eigenvalue weighted by molar-refractivity contribution is 7.89. The van der Waals surface area contributed by atoms with Gasteiger partial charge in [0.25, 0.3) is 0 Å². The Hall–Kier alpha value is -2.62. The lowest BCUT2D eigenvalue weighted by atomic mass is 10.2. The predicted molar refractivity (Wildman–Crippen MR) is 134 cm³/mol. The minimum Gasteiger partial charge on any atom is -0.493 e. The van der Waals surface area contributed by atoms with Crippen molar-refractivity contribution in [1.82, 2.24) is 4.31 Å². The van der Waals surface area contributed by atoms with E-state index in [0.717, 1.165) is 30.1 Å². The molecule has 2 aromatic carbocycles. The average molecular weight is 490 g/mol. The number of benzene rings is 2. The van der Waals surface area contributed by atoms with Crippen LogP contribution in [0.3, 0.4) is 0 Å². The summed E-state index contributed by atoms with van der Waals surface area (Å²) in [7, 11) is -3.67. The number of rotatable bonds is 11. The second-order valence-electron chi connectivity index (χ2n) is 8.13. The van der Waals surface area contributed by atoms with Crippen LogP contribution in [-0.2, 0) is 19.6 Å². The van der Waals surface area contributed by atoms with E-state index in [1.165, 1.54) is 4.31 Å². The zero-order chi connectivity index (χ0) is 24.6. The molecule has 2 aromatic rings. The van der Waals surface area contributed by atoms with Crippen LogP contribution in [0.1, 0.15) is 32.3 Å². The second kappa shape index (κ2) is 12.2. The van der Waals surface area contributed by atoms with E-state index in [-0.39, 0.29) is 17.2 Å². The van der Waals surface area contributed by atoms with Crippen LogP contribution in [0.5, 0.6) is 5.75 Å². The highest BCUT2D eigenvalue weighted by Crippen LogP contribution is 2.31. The molecule has 1 aliphatic heterocycles. The quantitative estimate of drug-likeness (QED) is 0.485. The van der Waals surface area contributed by atoms with Crippen molar-refractivity contribution in [3.63, 3.8) is 0 Å². The molecule has 1 heterocycles. The molecule has 8 nitrogen and oxygen atoms in total. The Balaban J connectivity index is 1.71. The molecular weight excluding hydrogens is 454 g/mol. The first-order valence-corrected chi connectivity index (χ1v) is 13.3. The van der Waals surface area contributed by atoms with Gasteiger partial charge in [-0.1, -0.05) is 18.2 Å². The number of hydrogen-bond donors (Lipinski definition) is 1. The monoisotopic (exact) mass is 489 g/mol. The van der Waals surface area contributed by atoms with Gasteiger partial charge in [-0.15, -0.1) is 0 Å². The van der Waals surface area contributed by atoms with Gasteiger partial charge in [-0.05, 0) is 57.0 Å². The van der Waals surface area contributed by atoms with Crippen LogP contribution in [0, 0.1) is 6.92 Å². The van der Waals surface area contributed by atoms with E-state index in [0.29, 0.717) is 45.0 Å². The van der Waals surface area contributed by atoms with Gasteiger partial charge in [0.15, 0.2) is 0 Å². The molecule has 0 spiro atoms. The number of para-hydroxylation sites is 1. The largest absolute Gasteiger partial charge is 0.493 e. The fourth-order valence-corrected chi connectivity index (χ4v) is 5.33. The van der Waals surface area contributed by atoms with Crippen molar-refractivity contribution in [1.29, 1.82) is 0 Å². The van der Waals surface area contributed by atoms with Crippen LogP contribution in [0.25, 0.3) is 0 Å². The van der Waals surface area contributed by atoms with Crippen LogP contribution in [0.4, 0.5) is 11.4 Å². The molecule has 3 rings (SSSR count). The van der Waals surface area contributed by atoms with Gasteiger partial charge >= 0.3 is 0 Å². The van der Waals surface area contributed by atoms with Gasteiger partial charge in [-0.25, -0.2) is 8.42 Å². The van der Waals surface area contributed by atoms with Crippen molar-refractivity contribution >= 4 is 27.3 Å². The summed E-state index contributed by atoms with van der Waals surface area (Å²) >= 11 is 0. The lowest BCUT2D eigenvalue weighted by Gasteiger charge is -2.28. The zero-order valence-corrected chi connectivity index (χ0v) is 21.1. The van der Waals surface area contributed by atoms with Crippen molar-refractivity contribution in [2.45, 2.75) is 38.5 Å². The Morgan fingerprint density at radius 2 is 1.82 bits per heavy atom. The van der Waals surface area contributed by atoms with Crippen molar-refractivity contribution in [2.24, 2.45) is 0 Å². The van der Waals surface area contributed by atoms with Gasteiger partial charge in [-0.2, -0.15) is 4.31 Å². The number of ether oxygens (including phenoxy) is 2. The molecule has 0 radical (unpaired) electrons. The summed E-state index contributed by atoms with van der Waals surface area (Å²) in [6.07, 6.45) is 0.816. The topological polar surface area (TPSA) is 88.2 Å². The smallest absolute Gasteiger partial charge is 0.243 e. The number of hydrogen-bond acceptors (Lipinski definition) is 6. The van der Waals surface area contributed by atoms with Crippen molar-refractivity contribution in [2.75, 3.05) is 56.2 Å². The maximum atomic E-state index is 13.1. The standard InChI is InChI=1S/C25H35N3O5S/c1-4-27(5-2)23-13-12-21(34(30,31)28-14-17-32-18-15-28)19-22(23)26-25(29)11-8-16-33-24-10-7-6-9-20(24)3/h6-7,9-10,12-13,19H,4-5,8,11,14-18H2,1-3H3,(H,26,29). The number of morpholine rings is 1. The third-order valence-corrected chi connectivity index (χ3v) is 7.75. The number of anilines is 2. The third-order valence-electron chi connectivity index (χ3n) is 5.85. The highest BCUT2D eigenvalue weighted by Gasteiger charge is 2.27. The molecule has 1 fully saturated rings. The number of sulfonamides is 1. The normalized spacial score (nSPS) is 14.6. The minimum absolute atomic E-state index is 0.170. The summed E-state index contributed by atoms with van der Waals surface area (Å²) in [5.41, 5.74) is 2.35. The third kappa shape index (κ3) is 6.49. The summed E-state index contributed by atoms with van der Waals surface area (Å²) in [5.74, 6) is 0.635. The molecular formula is C25H35N3O5S. The summed E-state index contributed by atoms with van der Waals surface area (Å²) in [5, 5.41) is 2.94. The van der Waals surface area contributed by atoms with Gasteiger partial charge in [0.2, 0.25) is 15.9 Å². The molecule has 186 valence electrons. The van der Waals surface area contributed by atoms with E-state index in [4.69, 9.17) is 9.47 Å². The van der Waals surface area contributed by atoms with E-state index in [1.807, 2.05) is 45.0 Å². The number of nitrogens with zero attached hydrogens (tertiary/aromatic N) is 2. The van der Waals surface area contributed by atoms with Gasteiger partial charge in [-0.3, -0.25) is 4.79 Å². The number of amides is 1. The molecule has 1 aliphatic rings. The van der Waals surface area contributed by atoms with E-state index in [2.05, 4.69) is 10.2 Å². The molecule has 1 saturated heterocycles. The summed E-state index contributed by atoms with van der Waals surface area (Å²) in [4.78, 5) is 15.0. The first kappa shape index (κ1) is 26.0. The number of nitrogens with one attached hydrogen (secondary N) is 1. The first-order valence-electron chi connectivity index (χ1n) is 11.8. The summed E-state index contributed by atoms with van der Waals surface area (Å²) < 4.78 is 38.8. The van der Waals surface area contributed by atoms with Gasteiger partial charge in [0.05, 0.1) is 36.1 Å². The van der Waals surface area contributed by atoms with Gasteiger partial charge in [0.1, 0.15) is 5.75 Å². The predicted octanol–water partition coefficient (Wildman–Crippen LogP) is 3.66. The SMILES string of the molecule is CCN(CC)c1ccc(S(=O)(=O)N2CCOCC2)cc1NC(=O)CCCOc1ccccc1C. The number of aryl methyl sites for hydroxylation is 1. The molecule has 0 bridgehead atoms. The molecule has 1 amide bonds. The molecule has 0 atom stereocenters. The fourth-order valence-electron chi connectivity index (χ4n) is 3.90. The Labute approximate surface area is 202 Å². The Kier molecular flexibility index (Phi) is 9.32. The van der Waals surface area contributed by atoms with Crippen molar-refractivity contribution in [3.8, 4) is 5.75 Å². The molecule has 0 unspecified atom stereocenters. The molecule has 0 aromatic heterocycles. The summed E-state index contributed by atoms with van der Waals surface area (Å²) in [6, 6.07) is 12.7. The van der Waals surface area contributed by atoms with Crippen molar-refractivity contribution < 1.29 is 22.7 Å². The number of carbonyl (C=O) groups is 1. The van der Waals surface area contributed by atoms with Crippen LogP contribution in [0.2, 0.25) is 0 Å². The van der Waals surface area contributed by atoms with E-state index in [9.17, 15) is 13.2 Å². The maximum absolute atomic E-state index is 13.1. The van der Waals surface area contributed by atoms with E-state index in [1.54, 1.807) is 18.2 Å². The Bertz CT molecular complexity index is 1060. The van der Waals surface area contributed by atoms with Crippen LogP contribution >= 0.6 is 0 Å². The molecule has 9 heteroatoms. The second-order valence-corrected chi connectivity index (χ2v) is 10.1. The summed E-state index contributed by atoms with van der Waals surface area (Å²) in [6.45, 7) is 9.33. The Morgan fingerprint density at radius 3 is 2.50 bits per heavy atom. The molecule has 34 heavy (non-hydrogen) atoms. The average Bonchev–Trinajstić information content (AvgIpc) is 2.85. The lowest BCUT2D eigenvalue weighted by molar-refractivity contribution is -0.116. The van der Waals surface area contributed by atoms with E-state index < -0.39 is 10.0 Å². The highest BCUT2D eigenvalue weighted by atomic mass is 32.2. The van der Waals surface area contributed by atoms with Gasteiger partial charge < -0.3 is 19.7 Å². The molecule has 0 saturated carbocycles. The maximum Gasteiger partial charge on any atom is 0.243 e. The first-order chi connectivity index (χ1) is 16.4.